The van der Waals surface area contributed by atoms with Crippen LogP contribution in [0.1, 0.15) is 28.4 Å². The third-order valence-electron chi connectivity index (χ3n) is 4.62. The lowest BCUT2D eigenvalue weighted by atomic mass is 10.0. The number of carbonyl (C=O) groups excluding carboxylic acids is 1. The van der Waals surface area contributed by atoms with Crippen LogP contribution in [0.15, 0.2) is 73.4 Å². The molecule has 0 aliphatic heterocycles. The summed E-state index contributed by atoms with van der Waals surface area (Å²) in [5.41, 5.74) is 2.38. The summed E-state index contributed by atoms with van der Waals surface area (Å²) >= 11 is 0. The predicted octanol–water partition coefficient (Wildman–Crippen LogP) is 3.37. The van der Waals surface area contributed by atoms with Crippen molar-refractivity contribution in [3.8, 4) is 11.3 Å². The number of halogens is 1. The lowest BCUT2D eigenvalue weighted by Gasteiger charge is -2.19. The van der Waals surface area contributed by atoms with Gasteiger partial charge in [0.2, 0.25) is 0 Å². The molecular weight excluding hydrogens is 371 g/mol. The highest BCUT2D eigenvalue weighted by Gasteiger charge is 2.20. The fourth-order valence-corrected chi connectivity index (χ4v) is 3.18. The molecule has 1 amide bonds. The Labute approximate surface area is 166 Å². The van der Waals surface area contributed by atoms with Gasteiger partial charge in [-0.1, -0.05) is 42.5 Å². The average molecular weight is 390 g/mol. The number of aromatic amines is 1. The van der Waals surface area contributed by atoms with Gasteiger partial charge in [0.15, 0.2) is 0 Å². The van der Waals surface area contributed by atoms with Gasteiger partial charge in [-0.3, -0.25) is 14.6 Å². The Hall–Kier alpha value is -3.81. The van der Waals surface area contributed by atoms with Crippen LogP contribution in [-0.4, -0.2) is 30.9 Å². The van der Waals surface area contributed by atoms with Crippen molar-refractivity contribution in [2.45, 2.75) is 19.0 Å². The molecule has 0 bridgehead atoms. The van der Waals surface area contributed by atoms with E-state index in [9.17, 15) is 9.18 Å². The highest BCUT2D eigenvalue weighted by Crippen LogP contribution is 2.24. The summed E-state index contributed by atoms with van der Waals surface area (Å²) in [5.74, 6) is -0.663. The smallest absolute Gasteiger partial charge is 0.255 e. The number of amides is 1. The Balaban J connectivity index is 1.56. The average Bonchev–Trinajstić information content (AvgIpc) is 3.43. The number of hydrogen-bond acceptors (Lipinski definition) is 4. The fourth-order valence-electron chi connectivity index (χ4n) is 3.18. The Kier molecular flexibility index (Phi) is 5.42. The maximum atomic E-state index is 13.6. The van der Waals surface area contributed by atoms with E-state index >= 15 is 0 Å². The van der Waals surface area contributed by atoms with Crippen LogP contribution in [0.3, 0.4) is 0 Å². The molecule has 0 radical (unpaired) electrons. The molecule has 29 heavy (non-hydrogen) atoms. The van der Waals surface area contributed by atoms with Gasteiger partial charge in [0.25, 0.3) is 5.91 Å². The minimum atomic E-state index is -0.376. The zero-order valence-electron chi connectivity index (χ0n) is 15.5. The summed E-state index contributed by atoms with van der Waals surface area (Å²) in [4.78, 5) is 17.0. The molecule has 8 heteroatoms. The van der Waals surface area contributed by atoms with E-state index in [1.165, 1.54) is 24.7 Å². The fraction of sp³-hybridized carbons (Fsp3) is 0.143. The highest BCUT2D eigenvalue weighted by atomic mass is 19.1. The molecule has 2 aromatic heterocycles. The number of hydrogen-bond donors (Lipinski definition) is 2. The van der Waals surface area contributed by atoms with E-state index in [-0.39, 0.29) is 17.8 Å². The van der Waals surface area contributed by atoms with Crippen molar-refractivity contribution < 1.29 is 9.18 Å². The molecule has 0 spiro atoms. The van der Waals surface area contributed by atoms with E-state index in [1.807, 2.05) is 30.3 Å². The van der Waals surface area contributed by atoms with Gasteiger partial charge in [-0.15, -0.1) is 0 Å². The Morgan fingerprint density at radius 2 is 2.03 bits per heavy atom. The number of benzene rings is 2. The number of H-pyrrole nitrogens is 1. The molecule has 1 atom stereocenters. The molecular formula is C21H19FN6O. The number of nitrogens with zero attached hydrogens (tertiary/aromatic N) is 4. The predicted molar refractivity (Wildman–Crippen MR) is 105 cm³/mol. The van der Waals surface area contributed by atoms with Crippen LogP contribution in [0.5, 0.6) is 0 Å². The van der Waals surface area contributed by atoms with Crippen molar-refractivity contribution in [3.63, 3.8) is 0 Å². The molecule has 146 valence electrons. The Bertz CT molecular complexity index is 1080. The molecule has 0 fully saturated rings. The number of nitrogens with one attached hydrogen (secondary N) is 2. The van der Waals surface area contributed by atoms with E-state index in [2.05, 4.69) is 25.6 Å². The number of carbonyl (C=O) groups is 1. The van der Waals surface area contributed by atoms with Gasteiger partial charge in [0, 0.05) is 12.1 Å². The van der Waals surface area contributed by atoms with Crippen molar-refractivity contribution in [2.24, 2.45) is 0 Å². The van der Waals surface area contributed by atoms with Crippen molar-refractivity contribution in [1.29, 1.82) is 0 Å². The quantitative estimate of drug-likeness (QED) is 0.506. The van der Waals surface area contributed by atoms with E-state index in [4.69, 9.17) is 0 Å². The number of aryl methyl sites for hydroxylation is 1. The van der Waals surface area contributed by atoms with Crippen molar-refractivity contribution >= 4 is 5.91 Å². The van der Waals surface area contributed by atoms with Crippen LogP contribution < -0.4 is 5.32 Å². The highest BCUT2D eigenvalue weighted by molar-refractivity contribution is 5.99. The molecule has 2 N–H and O–H groups in total. The van der Waals surface area contributed by atoms with Crippen LogP contribution >= 0.6 is 0 Å². The maximum Gasteiger partial charge on any atom is 0.255 e. The SMILES string of the molecule is O=C(NC(CCn1cncn1)c1ccccc1)c1cn[nH]c1-c1cccc(F)c1. The Morgan fingerprint density at radius 1 is 1.17 bits per heavy atom. The Morgan fingerprint density at radius 3 is 2.79 bits per heavy atom. The first kappa shape index (κ1) is 18.5. The summed E-state index contributed by atoms with van der Waals surface area (Å²) in [6, 6.07) is 15.5. The van der Waals surface area contributed by atoms with E-state index in [0.29, 0.717) is 29.8 Å². The van der Waals surface area contributed by atoms with E-state index in [1.54, 1.807) is 23.1 Å². The first-order valence-corrected chi connectivity index (χ1v) is 9.18. The van der Waals surface area contributed by atoms with Gasteiger partial charge in [-0.05, 0) is 24.1 Å². The van der Waals surface area contributed by atoms with E-state index < -0.39 is 0 Å². The third kappa shape index (κ3) is 4.37. The lowest BCUT2D eigenvalue weighted by Crippen LogP contribution is -2.29. The lowest BCUT2D eigenvalue weighted by molar-refractivity contribution is 0.0934. The summed E-state index contributed by atoms with van der Waals surface area (Å²) < 4.78 is 15.3. The molecule has 7 nitrogen and oxygen atoms in total. The summed E-state index contributed by atoms with van der Waals surface area (Å²) in [6.07, 6.45) is 5.20. The van der Waals surface area contributed by atoms with Gasteiger partial charge >= 0.3 is 0 Å². The molecule has 2 aromatic carbocycles. The van der Waals surface area contributed by atoms with Crippen molar-refractivity contribution in [2.75, 3.05) is 0 Å². The van der Waals surface area contributed by atoms with Gasteiger partial charge in [-0.25, -0.2) is 9.37 Å². The first-order valence-electron chi connectivity index (χ1n) is 9.18. The molecule has 2 heterocycles. The zero-order valence-corrected chi connectivity index (χ0v) is 15.5. The second-order valence-corrected chi connectivity index (χ2v) is 6.55. The van der Waals surface area contributed by atoms with Gasteiger partial charge in [0.1, 0.15) is 18.5 Å². The van der Waals surface area contributed by atoms with Gasteiger partial charge in [-0.2, -0.15) is 10.2 Å². The van der Waals surface area contributed by atoms with Crippen LogP contribution in [-0.2, 0) is 6.54 Å². The van der Waals surface area contributed by atoms with Gasteiger partial charge < -0.3 is 5.32 Å². The van der Waals surface area contributed by atoms with Crippen LogP contribution in [0.2, 0.25) is 0 Å². The molecule has 4 rings (SSSR count). The second-order valence-electron chi connectivity index (χ2n) is 6.55. The summed E-state index contributed by atoms with van der Waals surface area (Å²) in [6.45, 7) is 0.599. The topological polar surface area (TPSA) is 88.5 Å². The van der Waals surface area contributed by atoms with Crippen LogP contribution in [0, 0.1) is 5.82 Å². The zero-order chi connectivity index (χ0) is 20.1. The normalized spacial score (nSPS) is 11.9. The molecule has 1 unspecified atom stereocenters. The molecule has 0 aliphatic rings. The summed E-state index contributed by atoms with van der Waals surface area (Å²) in [5, 5.41) is 14.0. The minimum absolute atomic E-state index is 0.233. The van der Waals surface area contributed by atoms with Crippen LogP contribution in [0.25, 0.3) is 11.3 Å². The number of aromatic nitrogens is 5. The molecule has 0 saturated heterocycles. The summed E-state index contributed by atoms with van der Waals surface area (Å²) in [7, 11) is 0. The second kappa shape index (κ2) is 8.47. The van der Waals surface area contributed by atoms with Crippen LogP contribution in [0.4, 0.5) is 4.39 Å². The molecule has 0 saturated carbocycles. The van der Waals surface area contributed by atoms with Crippen molar-refractivity contribution in [3.05, 3.63) is 90.4 Å². The third-order valence-corrected chi connectivity index (χ3v) is 4.62. The number of rotatable bonds is 7. The van der Waals surface area contributed by atoms with Gasteiger partial charge in [0.05, 0.1) is 23.5 Å². The standard InChI is InChI=1S/C21H19FN6O/c22-17-8-4-7-16(11-17)20-18(12-24-27-20)21(29)26-19(15-5-2-1-3-6-15)9-10-28-14-23-13-25-28/h1-8,11-14,19H,9-10H2,(H,24,27)(H,26,29). The first-order chi connectivity index (χ1) is 14.2. The minimum Gasteiger partial charge on any atom is -0.345 e. The largest absolute Gasteiger partial charge is 0.345 e. The molecule has 4 aromatic rings. The van der Waals surface area contributed by atoms with Crippen molar-refractivity contribution in [1.82, 2.24) is 30.3 Å². The monoisotopic (exact) mass is 390 g/mol. The molecule has 0 aliphatic carbocycles. The van der Waals surface area contributed by atoms with E-state index in [0.717, 1.165) is 5.56 Å². The maximum absolute atomic E-state index is 13.6.